The summed E-state index contributed by atoms with van der Waals surface area (Å²) >= 11 is 12.2. The third kappa shape index (κ3) is 3.17. The van der Waals surface area contributed by atoms with E-state index in [9.17, 15) is 5.26 Å². The minimum Gasteiger partial charge on any atom is -0.284 e. The zero-order chi connectivity index (χ0) is 13.0. The van der Waals surface area contributed by atoms with E-state index in [0.717, 1.165) is 31.5 Å². The first-order valence-electron chi connectivity index (χ1n) is 6.31. The van der Waals surface area contributed by atoms with E-state index in [4.69, 9.17) is 23.2 Å². The number of halogens is 2. The van der Waals surface area contributed by atoms with Gasteiger partial charge in [0.15, 0.2) is 0 Å². The van der Waals surface area contributed by atoms with Crippen LogP contribution in [-0.4, -0.2) is 18.0 Å². The molecule has 0 N–H and O–H groups in total. The van der Waals surface area contributed by atoms with E-state index in [1.807, 2.05) is 6.07 Å². The van der Waals surface area contributed by atoms with Crippen molar-refractivity contribution in [3.63, 3.8) is 0 Å². The summed E-state index contributed by atoms with van der Waals surface area (Å²) in [7, 11) is 0. The van der Waals surface area contributed by atoms with E-state index in [1.54, 1.807) is 12.1 Å². The summed E-state index contributed by atoms with van der Waals surface area (Å²) < 4.78 is 0. The number of hydrogen-bond donors (Lipinski definition) is 0. The van der Waals surface area contributed by atoms with Gasteiger partial charge < -0.3 is 0 Å². The smallest absolute Gasteiger partial charge is 0.125 e. The minimum absolute atomic E-state index is 0.283. The van der Waals surface area contributed by atoms with E-state index in [-0.39, 0.29) is 6.04 Å². The average Bonchev–Trinajstić information content (AvgIpc) is 2.64. The second-order valence-electron chi connectivity index (χ2n) is 4.65. The fourth-order valence-corrected chi connectivity index (χ4v) is 2.83. The molecular weight excluding hydrogens is 267 g/mol. The van der Waals surface area contributed by atoms with Crippen LogP contribution < -0.4 is 0 Å². The predicted octanol–water partition coefficient (Wildman–Crippen LogP) is 4.43. The SMILES string of the molecule is N#CC(c1cc(Cl)ccc1Cl)N1CCCCCC1. The third-order valence-corrected chi connectivity index (χ3v) is 3.96. The molecule has 1 aromatic carbocycles. The monoisotopic (exact) mass is 282 g/mol. The van der Waals surface area contributed by atoms with Crippen LogP contribution in [0.15, 0.2) is 18.2 Å². The van der Waals surface area contributed by atoms with Crippen LogP contribution in [-0.2, 0) is 0 Å². The fraction of sp³-hybridized carbons (Fsp3) is 0.500. The molecule has 1 saturated heterocycles. The van der Waals surface area contributed by atoms with Gasteiger partial charge in [0.2, 0.25) is 0 Å². The van der Waals surface area contributed by atoms with Gasteiger partial charge in [-0.15, -0.1) is 0 Å². The molecule has 0 amide bonds. The number of rotatable bonds is 2. The summed E-state index contributed by atoms with van der Waals surface area (Å²) in [5, 5.41) is 10.7. The van der Waals surface area contributed by atoms with Crippen molar-refractivity contribution in [3.05, 3.63) is 33.8 Å². The van der Waals surface area contributed by atoms with Crippen LogP contribution in [0.3, 0.4) is 0 Å². The molecule has 0 aromatic heterocycles. The van der Waals surface area contributed by atoms with Gasteiger partial charge in [0.05, 0.1) is 6.07 Å². The highest BCUT2D eigenvalue weighted by atomic mass is 35.5. The van der Waals surface area contributed by atoms with Gasteiger partial charge in [-0.2, -0.15) is 5.26 Å². The lowest BCUT2D eigenvalue weighted by atomic mass is 10.1. The molecule has 1 aliphatic rings. The molecule has 0 bridgehead atoms. The molecule has 1 aromatic rings. The quantitative estimate of drug-likeness (QED) is 0.802. The normalized spacial score (nSPS) is 18.9. The minimum atomic E-state index is -0.283. The van der Waals surface area contributed by atoms with Gasteiger partial charge in [-0.1, -0.05) is 36.0 Å². The average molecular weight is 283 g/mol. The highest BCUT2D eigenvalue weighted by Gasteiger charge is 2.23. The van der Waals surface area contributed by atoms with Crippen molar-refractivity contribution < 1.29 is 0 Å². The van der Waals surface area contributed by atoms with Gasteiger partial charge in [-0.3, -0.25) is 4.90 Å². The predicted molar refractivity (Wildman–Crippen MR) is 74.9 cm³/mol. The van der Waals surface area contributed by atoms with Crippen molar-refractivity contribution in [2.75, 3.05) is 13.1 Å². The summed E-state index contributed by atoms with van der Waals surface area (Å²) in [6, 6.07) is 7.41. The maximum atomic E-state index is 9.45. The zero-order valence-corrected chi connectivity index (χ0v) is 11.7. The molecule has 96 valence electrons. The molecule has 0 aliphatic carbocycles. The van der Waals surface area contributed by atoms with Gasteiger partial charge in [0.25, 0.3) is 0 Å². The van der Waals surface area contributed by atoms with Gasteiger partial charge in [0, 0.05) is 15.6 Å². The molecule has 0 spiro atoms. The van der Waals surface area contributed by atoms with Crippen LogP contribution in [0.4, 0.5) is 0 Å². The first kappa shape index (κ1) is 13.7. The van der Waals surface area contributed by atoms with Crippen LogP contribution in [0.2, 0.25) is 10.0 Å². The Labute approximate surface area is 118 Å². The lowest BCUT2D eigenvalue weighted by Gasteiger charge is -2.26. The molecule has 1 atom stereocenters. The fourth-order valence-electron chi connectivity index (χ4n) is 2.43. The standard InChI is InChI=1S/C14H16Cl2N2/c15-11-5-6-13(16)12(9-11)14(10-17)18-7-3-1-2-4-8-18/h5-6,9,14H,1-4,7-8H2. The summed E-state index contributed by atoms with van der Waals surface area (Å²) in [4.78, 5) is 2.21. The highest BCUT2D eigenvalue weighted by molar-refractivity contribution is 6.33. The van der Waals surface area contributed by atoms with Gasteiger partial charge in [-0.05, 0) is 44.1 Å². The van der Waals surface area contributed by atoms with Crippen LogP contribution in [0, 0.1) is 11.3 Å². The van der Waals surface area contributed by atoms with Crippen molar-refractivity contribution in [1.82, 2.24) is 4.90 Å². The van der Waals surface area contributed by atoms with Gasteiger partial charge in [0.1, 0.15) is 6.04 Å². The Morgan fingerprint density at radius 3 is 2.39 bits per heavy atom. The molecule has 2 rings (SSSR count). The number of nitrogens with zero attached hydrogens (tertiary/aromatic N) is 2. The molecule has 4 heteroatoms. The Hall–Kier alpha value is -0.750. The van der Waals surface area contributed by atoms with Gasteiger partial charge >= 0.3 is 0 Å². The lowest BCUT2D eigenvalue weighted by Crippen LogP contribution is -2.29. The molecule has 1 heterocycles. The van der Waals surface area contributed by atoms with Crippen molar-refractivity contribution in [2.24, 2.45) is 0 Å². The van der Waals surface area contributed by atoms with Crippen molar-refractivity contribution >= 4 is 23.2 Å². The lowest BCUT2D eigenvalue weighted by molar-refractivity contribution is 0.246. The molecule has 2 nitrogen and oxygen atoms in total. The summed E-state index contributed by atoms with van der Waals surface area (Å²) in [5.74, 6) is 0. The van der Waals surface area contributed by atoms with Crippen LogP contribution in [0.5, 0.6) is 0 Å². The van der Waals surface area contributed by atoms with Crippen LogP contribution >= 0.6 is 23.2 Å². The number of benzene rings is 1. The zero-order valence-electron chi connectivity index (χ0n) is 10.2. The molecule has 18 heavy (non-hydrogen) atoms. The van der Waals surface area contributed by atoms with Crippen molar-refractivity contribution in [1.29, 1.82) is 5.26 Å². The van der Waals surface area contributed by atoms with Crippen LogP contribution in [0.1, 0.15) is 37.3 Å². The van der Waals surface area contributed by atoms with Crippen molar-refractivity contribution in [2.45, 2.75) is 31.7 Å². The number of nitriles is 1. The number of hydrogen-bond acceptors (Lipinski definition) is 2. The first-order valence-corrected chi connectivity index (χ1v) is 7.06. The Bertz CT molecular complexity index is 446. The maximum Gasteiger partial charge on any atom is 0.125 e. The second kappa shape index (κ2) is 6.43. The molecule has 1 aliphatic heterocycles. The Morgan fingerprint density at radius 2 is 1.78 bits per heavy atom. The van der Waals surface area contributed by atoms with Crippen LogP contribution in [0.25, 0.3) is 0 Å². The highest BCUT2D eigenvalue weighted by Crippen LogP contribution is 2.31. The third-order valence-electron chi connectivity index (χ3n) is 3.38. The van der Waals surface area contributed by atoms with E-state index in [2.05, 4.69) is 11.0 Å². The molecule has 0 saturated carbocycles. The van der Waals surface area contributed by atoms with E-state index >= 15 is 0 Å². The summed E-state index contributed by atoms with van der Waals surface area (Å²) in [5.41, 5.74) is 0.827. The second-order valence-corrected chi connectivity index (χ2v) is 5.49. The van der Waals surface area contributed by atoms with Crippen molar-refractivity contribution in [3.8, 4) is 6.07 Å². The molecule has 1 fully saturated rings. The maximum absolute atomic E-state index is 9.45. The molecule has 0 radical (unpaired) electrons. The Balaban J connectivity index is 2.26. The summed E-state index contributed by atoms with van der Waals surface area (Å²) in [6.07, 6.45) is 4.79. The molecular formula is C14H16Cl2N2. The Morgan fingerprint density at radius 1 is 1.11 bits per heavy atom. The Kier molecular flexibility index (Phi) is 4.88. The van der Waals surface area contributed by atoms with Gasteiger partial charge in [-0.25, -0.2) is 0 Å². The topological polar surface area (TPSA) is 27.0 Å². The van der Waals surface area contributed by atoms with E-state index in [0.29, 0.717) is 10.0 Å². The summed E-state index contributed by atoms with van der Waals surface area (Å²) in [6.45, 7) is 1.92. The largest absolute Gasteiger partial charge is 0.284 e. The van der Waals surface area contributed by atoms with E-state index < -0.39 is 0 Å². The number of likely N-dealkylation sites (tertiary alicyclic amines) is 1. The first-order chi connectivity index (χ1) is 8.72. The molecule has 1 unspecified atom stereocenters. The van der Waals surface area contributed by atoms with E-state index in [1.165, 1.54) is 12.8 Å².